The van der Waals surface area contributed by atoms with E-state index in [4.69, 9.17) is 0 Å². The van der Waals surface area contributed by atoms with E-state index in [1.807, 2.05) is 24.0 Å². The molecule has 1 aliphatic rings. The number of thiophene rings is 1. The number of amides is 1. The highest BCUT2D eigenvalue weighted by Gasteiger charge is 2.25. The first-order valence-corrected chi connectivity index (χ1v) is 8.11. The summed E-state index contributed by atoms with van der Waals surface area (Å²) < 4.78 is 1.84. The van der Waals surface area contributed by atoms with Crippen molar-refractivity contribution in [3.63, 3.8) is 0 Å². The molecule has 0 radical (unpaired) electrons. The molecule has 2 heterocycles. The van der Waals surface area contributed by atoms with Crippen LogP contribution in [0.4, 0.5) is 0 Å². The van der Waals surface area contributed by atoms with Crippen LogP contribution in [0.1, 0.15) is 40.0 Å². The normalized spacial score (nSPS) is 17.6. The molecule has 0 aromatic carbocycles. The lowest BCUT2D eigenvalue weighted by molar-refractivity contribution is 0.0779. The Morgan fingerprint density at radius 3 is 3.10 bits per heavy atom. The number of nitrogens with zero attached hydrogens (tertiary/aromatic N) is 4. The molecule has 0 aliphatic heterocycles. The van der Waals surface area contributed by atoms with E-state index in [0.717, 1.165) is 30.1 Å². The number of carbonyl (C=O) groups is 1. The molecule has 0 spiro atoms. The number of hydrogen-bond donors (Lipinski definition) is 0. The number of hydrogen-bond acceptors (Lipinski definition) is 4. The van der Waals surface area contributed by atoms with E-state index in [0.29, 0.717) is 6.54 Å². The Hall–Kier alpha value is -1.69. The fourth-order valence-electron chi connectivity index (χ4n) is 2.80. The molecular weight excluding hydrogens is 284 g/mol. The van der Waals surface area contributed by atoms with Crippen LogP contribution in [-0.4, -0.2) is 32.6 Å². The summed E-state index contributed by atoms with van der Waals surface area (Å²) in [5.74, 6) is 1.61. The summed E-state index contributed by atoms with van der Waals surface area (Å²) in [5.41, 5.74) is 2.15. The van der Waals surface area contributed by atoms with Crippen LogP contribution in [-0.2, 0) is 26.4 Å². The molecule has 1 atom stereocenters. The average Bonchev–Trinajstić information content (AvgIpc) is 3.04. The van der Waals surface area contributed by atoms with Crippen LogP contribution in [0.25, 0.3) is 0 Å². The topological polar surface area (TPSA) is 51.0 Å². The van der Waals surface area contributed by atoms with E-state index in [1.54, 1.807) is 22.6 Å². The standard InChI is InChI=1S/C15H20N4OS/c1-10-4-5-11-12(8-21-13(11)6-10)15(20)18(2)7-14-17-16-9-19(14)3/h8-10H,4-7H2,1-3H3. The molecule has 1 unspecified atom stereocenters. The molecule has 3 rings (SSSR count). The lowest BCUT2D eigenvalue weighted by atomic mass is 9.88. The highest BCUT2D eigenvalue weighted by atomic mass is 32.1. The molecule has 0 saturated carbocycles. The molecule has 1 amide bonds. The Balaban J connectivity index is 1.78. The van der Waals surface area contributed by atoms with Crippen molar-refractivity contribution in [3.8, 4) is 0 Å². The number of aromatic nitrogens is 3. The van der Waals surface area contributed by atoms with Gasteiger partial charge in [0, 0.05) is 24.4 Å². The van der Waals surface area contributed by atoms with Crippen LogP contribution >= 0.6 is 11.3 Å². The lowest BCUT2D eigenvalue weighted by Crippen LogP contribution is -2.28. The highest BCUT2D eigenvalue weighted by molar-refractivity contribution is 7.10. The molecule has 21 heavy (non-hydrogen) atoms. The van der Waals surface area contributed by atoms with Crippen LogP contribution < -0.4 is 0 Å². The third-order valence-corrected chi connectivity index (χ3v) is 5.21. The summed E-state index contributed by atoms with van der Waals surface area (Å²) in [4.78, 5) is 15.8. The van der Waals surface area contributed by atoms with Crippen molar-refractivity contribution >= 4 is 17.2 Å². The lowest BCUT2D eigenvalue weighted by Gasteiger charge is -2.21. The van der Waals surface area contributed by atoms with Gasteiger partial charge in [-0.3, -0.25) is 4.79 Å². The Kier molecular flexibility index (Phi) is 3.80. The molecule has 2 aromatic rings. The summed E-state index contributed by atoms with van der Waals surface area (Å²) >= 11 is 1.73. The maximum Gasteiger partial charge on any atom is 0.255 e. The van der Waals surface area contributed by atoms with Crippen LogP contribution in [0.15, 0.2) is 11.7 Å². The summed E-state index contributed by atoms with van der Waals surface area (Å²) in [7, 11) is 3.72. The first kappa shape index (κ1) is 14.3. The van der Waals surface area contributed by atoms with Gasteiger partial charge in [0.2, 0.25) is 0 Å². The second-order valence-corrected chi connectivity index (χ2v) is 6.88. The van der Waals surface area contributed by atoms with Gasteiger partial charge in [-0.2, -0.15) is 0 Å². The summed E-state index contributed by atoms with van der Waals surface area (Å²) in [6, 6.07) is 0. The van der Waals surface area contributed by atoms with E-state index in [2.05, 4.69) is 17.1 Å². The zero-order valence-electron chi connectivity index (χ0n) is 12.7. The molecule has 6 heteroatoms. The highest BCUT2D eigenvalue weighted by Crippen LogP contribution is 2.33. The third kappa shape index (κ3) is 2.72. The average molecular weight is 304 g/mol. The fourth-order valence-corrected chi connectivity index (χ4v) is 4.03. The summed E-state index contributed by atoms with van der Waals surface area (Å²) in [5, 5.41) is 9.92. The van der Waals surface area contributed by atoms with Crippen molar-refractivity contribution in [1.29, 1.82) is 0 Å². The van der Waals surface area contributed by atoms with Gasteiger partial charge in [0.25, 0.3) is 5.91 Å². The van der Waals surface area contributed by atoms with Gasteiger partial charge >= 0.3 is 0 Å². The van der Waals surface area contributed by atoms with Gasteiger partial charge in [0.15, 0.2) is 5.82 Å². The van der Waals surface area contributed by atoms with Gasteiger partial charge < -0.3 is 9.47 Å². The largest absolute Gasteiger partial charge is 0.334 e. The van der Waals surface area contributed by atoms with Gasteiger partial charge in [-0.15, -0.1) is 21.5 Å². The van der Waals surface area contributed by atoms with Crippen molar-refractivity contribution in [2.75, 3.05) is 7.05 Å². The second-order valence-electron chi connectivity index (χ2n) is 5.92. The minimum Gasteiger partial charge on any atom is -0.334 e. The van der Waals surface area contributed by atoms with E-state index >= 15 is 0 Å². The maximum atomic E-state index is 12.7. The maximum absolute atomic E-state index is 12.7. The first-order chi connectivity index (χ1) is 10.1. The Morgan fingerprint density at radius 2 is 2.38 bits per heavy atom. The minimum atomic E-state index is 0.0880. The molecule has 0 N–H and O–H groups in total. The van der Waals surface area contributed by atoms with Crippen molar-refractivity contribution in [1.82, 2.24) is 19.7 Å². The van der Waals surface area contributed by atoms with Crippen molar-refractivity contribution in [2.45, 2.75) is 32.7 Å². The van der Waals surface area contributed by atoms with Gasteiger partial charge in [-0.1, -0.05) is 6.92 Å². The SMILES string of the molecule is CC1CCc2c(C(=O)N(C)Cc3nncn3C)csc2C1. The van der Waals surface area contributed by atoms with Crippen LogP contribution in [0.5, 0.6) is 0 Å². The summed E-state index contributed by atoms with van der Waals surface area (Å²) in [6.45, 7) is 2.76. The van der Waals surface area contributed by atoms with Gasteiger partial charge in [-0.05, 0) is 30.7 Å². The second kappa shape index (κ2) is 5.60. The van der Waals surface area contributed by atoms with Gasteiger partial charge in [-0.25, -0.2) is 0 Å². The van der Waals surface area contributed by atoms with Gasteiger partial charge in [0.1, 0.15) is 6.33 Å². The quantitative estimate of drug-likeness (QED) is 0.874. The van der Waals surface area contributed by atoms with E-state index in [9.17, 15) is 4.79 Å². The monoisotopic (exact) mass is 304 g/mol. The predicted octanol–water partition coefficient (Wildman–Crippen LogP) is 2.27. The zero-order valence-corrected chi connectivity index (χ0v) is 13.5. The molecule has 0 saturated heterocycles. The molecule has 112 valence electrons. The van der Waals surface area contributed by atoms with E-state index in [1.165, 1.54) is 16.9 Å². The third-order valence-electron chi connectivity index (χ3n) is 4.16. The summed E-state index contributed by atoms with van der Waals surface area (Å²) in [6.07, 6.45) is 4.97. The molecule has 0 bridgehead atoms. The Labute approximate surface area is 128 Å². The van der Waals surface area contributed by atoms with Gasteiger partial charge in [0.05, 0.1) is 12.1 Å². The molecule has 5 nitrogen and oxygen atoms in total. The number of fused-ring (bicyclic) bond motifs is 1. The van der Waals surface area contributed by atoms with Crippen LogP contribution in [0, 0.1) is 5.92 Å². The first-order valence-electron chi connectivity index (χ1n) is 7.24. The number of carbonyl (C=O) groups excluding carboxylic acids is 1. The van der Waals surface area contributed by atoms with E-state index in [-0.39, 0.29) is 5.91 Å². The molecular formula is C15H20N4OS. The smallest absolute Gasteiger partial charge is 0.255 e. The van der Waals surface area contributed by atoms with Crippen molar-refractivity contribution < 1.29 is 4.79 Å². The van der Waals surface area contributed by atoms with Crippen molar-refractivity contribution in [2.24, 2.45) is 13.0 Å². The molecule has 1 aliphatic carbocycles. The zero-order chi connectivity index (χ0) is 15.0. The van der Waals surface area contributed by atoms with E-state index < -0.39 is 0 Å². The van der Waals surface area contributed by atoms with Crippen LogP contribution in [0.2, 0.25) is 0 Å². The molecule has 0 fully saturated rings. The molecule has 2 aromatic heterocycles. The van der Waals surface area contributed by atoms with Crippen LogP contribution in [0.3, 0.4) is 0 Å². The Morgan fingerprint density at radius 1 is 1.57 bits per heavy atom. The number of rotatable bonds is 3. The predicted molar refractivity (Wildman–Crippen MR) is 82.3 cm³/mol. The minimum absolute atomic E-state index is 0.0880. The number of aryl methyl sites for hydroxylation is 1. The van der Waals surface area contributed by atoms with Crippen molar-refractivity contribution in [3.05, 3.63) is 33.5 Å². The Bertz CT molecular complexity index is 660. The fraction of sp³-hybridized carbons (Fsp3) is 0.533.